The minimum absolute atomic E-state index is 0. The van der Waals surface area contributed by atoms with Gasteiger partial charge in [0.2, 0.25) is 0 Å². The van der Waals surface area contributed by atoms with E-state index in [9.17, 15) is 4.79 Å². The molecule has 2 aromatic rings. The number of hydrogen-bond acceptors (Lipinski definition) is 2. The summed E-state index contributed by atoms with van der Waals surface area (Å²) in [7, 11) is 1.76. The maximum absolute atomic E-state index is 12.5. The molecular formula is C18H23ClN2O. The summed E-state index contributed by atoms with van der Waals surface area (Å²) in [6, 6.07) is 15.2. The summed E-state index contributed by atoms with van der Waals surface area (Å²) >= 11 is 0. The van der Waals surface area contributed by atoms with Crippen LogP contribution in [-0.2, 0) is 5.41 Å². The van der Waals surface area contributed by atoms with E-state index in [0.29, 0.717) is 11.3 Å². The van der Waals surface area contributed by atoms with Gasteiger partial charge in [0, 0.05) is 18.4 Å². The molecule has 0 aromatic heterocycles. The Hall–Kier alpha value is -2.00. The van der Waals surface area contributed by atoms with E-state index in [0.717, 1.165) is 5.69 Å². The van der Waals surface area contributed by atoms with Crippen LogP contribution in [0, 0.1) is 0 Å². The van der Waals surface area contributed by atoms with Gasteiger partial charge in [0.1, 0.15) is 0 Å². The van der Waals surface area contributed by atoms with Crippen LogP contribution in [0.3, 0.4) is 0 Å². The lowest BCUT2D eigenvalue weighted by Gasteiger charge is -2.22. The number of amides is 1. The smallest absolute Gasteiger partial charge is 0.260 e. The Morgan fingerprint density at radius 2 is 1.55 bits per heavy atom. The normalized spacial score (nSPS) is 10.7. The summed E-state index contributed by atoms with van der Waals surface area (Å²) in [5.74, 6) is -0.100. The number of halogens is 1. The van der Waals surface area contributed by atoms with Crippen LogP contribution >= 0.6 is 12.4 Å². The van der Waals surface area contributed by atoms with Crippen molar-refractivity contribution < 1.29 is 4.79 Å². The number of carbonyl (C=O) groups is 1. The van der Waals surface area contributed by atoms with Crippen LogP contribution in [0.5, 0.6) is 0 Å². The average molecular weight is 319 g/mol. The van der Waals surface area contributed by atoms with E-state index in [1.165, 1.54) is 5.56 Å². The minimum Gasteiger partial charge on any atom is -0.398 e. The first-order chi connectivity index (χ1) is 9.80. The largest absolute Gasteiger partial charge is 0.398 e. The van der Waals surface area contributed by atoms with E-state index < -0.39 is 0 Å². The van der Waals surface area contributed by atoms with Crippen LogP contribution < -0.4 is 10.6 Å². The molecule has 2 N–H and O–H groups in total. The Morgan fingerprint density at radius 1 is 1.00 bits per heavy atom. The van der Waals surface area contributed by atoms with Crippen molar-refractivity contribution in [3.8, 4) is 0 Å². The molecule has 0 aliphatic heterocycles. The summed E-state index contributed by atoms with van der Waals surface area (Å²) in [5.41, 5.74) is 9.10. The fourth-order valence-electron chi connectivity index (χ4n) is 2.17. The lowest BCUT2D eigenvalue weighted by atomic mass is 9.87. The number of benzene rings is 2. The molecule has 0 saturated carbocycles. The van der Waals surface area contributed by atoms with Gasteiger partial charge < -0.3 is 10.6 Å². The molecule has 0 radical (unpaired) electrons. The summed E-state index contributed by atoms with van der Waals surface area (Å²) in [4.78, 5) is 14.1. The summed E-state index contributed by atoms with van der Waals surface area (Å²) in [5, 5.41) is 0. The van der Waals surface area contributed by atoms with Gasteiger partial charge in [-0.3, -0.25) is 4.79 Å². The van der Waals surface area contributed by atoms with Gasteiger partial charge in [-0.15, -0.1) is 12.4 Å². The van der Waals surface area contributed by atoms with Crippen molar-refractivity contribution in [3.05, 3.63) is 59.7 Å². The van der Waals surface area contributed by atoms with Gasteiger partial charge in [0.05, 0.1) is 5.56 Å². The van der Waals surface area contributed by atoms with Crippen molar-refractivity contribution in [1.29, 1.82) is 0 Å². The zero-order chi connectivity index (χ0) is 15.6. The molecule has 0 saturated heterocycles. The molecule has 3 nitrogen and oxygen atoms in total. The van der Waals surface area contributed by atoms with Crippen molar-refractivity contribution in [2.45, 2.75) is 26.2 Å². The molecule has 0 spiro atoms. The highest BCUT2D eigenvalue weighted by molar-refractivity contribution is 6.08. The predicted molar refractivity (Wildman–Crippen MR) is 96.0 cm³/mol. The molecule has 118 valence electrons. The van der Waals surface area contributed by atoms with E-state index in [1.807, 2.05) is 24.3 Å². The zero-order valence-corrected chi connectivity index (χ0v) is 14.3. The first kappa shape index (κ1) is 18.1. The summed E-state index contributed by atoms with van der Waals surface area (Å²) < 4.78 is 0. The second-order valence-electron chi connectivity index (χ2n) is 6.25. The third-order valence-electron chi connectivity index (χ3n) is 3.62. The van der Waals surface area contributed by atoms with E-state index >= 15 is 0 Å². The van der Waals surface area contributed by atoms with Crippen molar-refractivity contribution >= 4 is 29.7 Å². The number of para-hydroxylation sites is 1. The van der Waals surface area contributed by atoms with E-state index in [4.69, 9.17) is 5.73 Å². The van der Waals surface area contributed by atoms with Crippen LogP contribution in [0.25, 0.3) is 0 Å². The number of carbonyl (C=O) groups excluding carboxylic acids is 1. The number of anilines is 2. The molecular weight excluding hydrogens is 296 g/mol. The number of hydrogen-bond donors (Lipinski definition) is 1. The third kappa shape index (κ3) is 3.80. The van der Waals surface area contributed by atoms with Crippen molar-refractivity contribution in [1.82, 2.24) is 0 Å². The van der Waals surface area contributed by atoms with Gasteiger partial charge in [-0.25, -0.2) is 0 Å². The summed E-state index contributed by atoms with van der Waals surface area (Å²) in [6.07, 6.45) is 0. The Kier molecular flexibility index (Phi) is 5.61. The second kappa shape index (κ2) is 6.84. The third-order valence-corrected chi connectivity index (χ3v) is 3.62. The molecule has 1 amide bonds. The van der Waals surface area contributed by atoms with Gasteiger partial charge >= 0.3 is 0 Å². The van der Waals surface area contributed by atoms with Crippen LogP contribution in [-0.4, -0.2) is 13.0 Å². The van der Waals surface area contributed by atoms with E-state index in [1.54, 1.807) is 24.1 Å². The first-order valence-electron chi connectivity index (χ1n) is 7.04. The monoisotopic (exact) mass is 318 g/mol. The summed E-state index contributed by atoms with van der Waals surface area (Å²) in [6.45, 7) is 6.50. The van der Waals surface area contributed by atoms with Gasteiger partial charge in [-0.1, -0.05) is 45.0 Å². The second-order valence-corrected chi connectivity index (χ2v) is 6.25. The Bertz CT molecular complexity index is 645. The van der Waals surface area contributed by atoms with Crippen LogP contribution in [0.4, 0.5) is 11.4 Å². The van der Waals surface area contributed by atoms with Crippen LogP contribution in [0.2, 0.25) is 0 Å². The average Bonchev–Trinajstić information content (AvgIpc) is 2.45. The molecule has 0 heterocycles. The van der Waals surface area contributed by atoms with Gasteiger partial charge in [-0.2, -0.15) is 0 Å². The van der Waals surface area contributed by atoms with Gasteiger partial charge in [-0.05, 0) is 35.2 Å². The fourth-order valence-corrected chi connectivity index (χ4v) is 2.17. The SMILES string of the molecule is CN(C(=O)c1ccccc1N)c1ccc(C(C)(C)C)cc1.Cl. The van der Waals surface area contributed by atoms with Crippen LogP contribution in [0.15, 0.2) is 48.5 Å². The maximum Gasteiger partial charge on any atom is 0.260 e. The highest BCUT2D eigenvalue weighted by Crippen LogP contribution is 2.25. The number of nitrogens with zero attached hydrogens (tertiary/aromatic N) is 1. The van der Waals surface area contributed by atoms with E-state index in [2.05, 4.69) is 32.9 Å². The molecule has 0 atom stereocenters. The van der Waals surface area contributed by atoms with Crippen molar-refractivity contribution in [2.75, 3.05) is 17.7 Å². The first-order valence-corrected chi connectivity index (χ1v) is 7.04. The molecule has 0 bridgehead atoms. The lowest BCUT2D eigenvalue weighted by Crippen LogP contribution is -2.27. The lowest BCUT2D eigenvalue weighted by molar-refractivity contribution is 0.0994. The number of nitrogens with two attached hydrogens (primary N) is 1. The van der Waals surface area contributed by atoms with Gasteiger partial charge in [0.25, 0.3) is 5.91 Å². The Morgan fingerprint density at radius 3 is 2.05 bits per heavy atom. The van der Waals surface area contributed by atoms with Crippen molar-refractivity contribution in [3.63, 3.8) is 0 Å². The topological polar surface area (TPSA) is 46.3 Å². The Labute approximate surface area is 138 Å². The fraction of sp³-hybridized carbons (Fsp3) is 0.278. The predicted octanol–water partition coefficient (Wildman–Crippen LogP) is 4.26. The maximum atomic E-state index is 12.5. The molecule has 4 heteroatoms. The molecule has 2 aromatic carbocycles. The number of rotatable bonds is 2. The highest BCUT2D eigenvalue weighted by Gasteiger charge is 2.17. The molecule has 2 rings (SSSR count). The molecule has 0 aliphatic rings. The Balaban J connectivity index is 0.00000242. The van der Waals surface area contributed by atoms with Crippen molar-refractivity contribution in [2.24, 2.45) is 0 Å². The quantitative estimate of drug-likeness (QED) is 0.841. The molecule has 22 heavy (non-hydrogen) atoms. The van der Waals surface area contributed by atoms with Crippen LogP contribution in [0.1, 0.15) is 36.7 Å². The zero-order valence-electron chi connectivity index (χ0n) is 13.5. The number of nitrogen functional groups attached to an aromatic ring is 1. The molecule has 0 aliphatic carbocycles. The molecule has 0 unspecified atom stereocenters. The minimum atomic E-state index is -0.100. The molecule has 0 fully saturated rings. The van der Waals surface area contributed by atoms with Gasteiger partial charge in [0.15, 0.2) is 0 Å². The standard InChI is InChI=1S/C18H22N2O.ClH/c1-18(2,3)13-9-11-14(12-10-13)20(4)17(21)15-7-5-6-8-16(15)19;/h5-12H,19H2,1-4H3;1H. The highest BCUT2D eigenvalue weighted by atomic mass is 35.5. The van der Waals surface area contributed by atoms with E-state index in [-0.39, 0.29) is 23.7 Å².